The van der Waals surface area contributed by atoms with Gasteiger partial charge in [0.2, 0.25) is 0 Å². The molecular formula is C16H18ClNO2. The van der Waals surface area contributed by atoms with Crippen molar-refractivity contribution in [1.82, 2.24) is 0 Å². The maximum absolute atomic E-state index is 6.08. The highest BCUT2D eigenvalue weighted by Crippen LogP contribution is 2.21. The lowest BCUT2D eigenvalue weighted by molar-refractivity contribution is 0.234. The maximum Gasteiger partial charge on any atom is 0.120 e. The van der Waals surface area contributed by atoms with Crippen LogP contribution in [0.3, 0.4) is 0 Å². The van der Waals surface area contributed by atoms with Gasteiger partial charge in [0.1, 0.15) is 17.6 Å². The third-order valence-corrected chi connectivity index (χ3v) is 3.18. The number of methoxy groups -OCH3 is 1. The molecule has 2 aromatic carbocycles. The van der Waals surface area contributed by atoms with Crippen molar-refractivity contribution in [3.8, 4) is 11.5 Å². The molecule has 4 heteroatoms. The Balaban J connectivity index is 1.86. The highest BCUT2D eigenvalue weighted by molar-refractivity contribution is 6.33. The van der Waals surface area contributed by atoms with E-state index in [0.717, 1.165) is 17.2 Å². The molecule has 0 spiro atoms. The maximum atomic E-state index is 6.08. The molecule has 0 aliphatic heterocycles. The van der Waals surface area contributed by atoms with Crippen LogP contribution in [0.25, 0.3) is 0 Å². The third-order valence-electron chi connectivity index (χ3n) is 2.85. The summed E-state index contributed by atoms with van der Waals surface area (Å²) in [7, 11) is 1.64. The minimum absolute atomic E-state index is 0.0275. The Labute approximate surface area is 124 Å². The standard InChI is InChI=1S/C16H18ClNO2/c1-12(11-18-16-6-4-3-5-15(16)17)20-14-9-7-13(19-2)8-10-14/h3-10,12,18H,11H2,1-2H3. The van der Waals surface area contributed by atoms with E-state index in [4.69, 9.17) is 21.1 Å². The highest BCUT2D eigenvalue weighted by Gasteiger charge is 2.05. The van der Waals surface area contributed by atoms with Crippen molar-refractivity contribution in [2.45, 2.75) is 13.0 Å². The largest absolute Gasteiger partial charge is 0.497 e. The number of nitrogens with one attached hydrogen (secondary N) is 1. The van der Waals surface area contributed by atoms with Crippen LogP contribution in [0.1, 0.15) is 6.92 Å². The molecule has 0 bridgehead atoms. The normalized spacial score (nSPS) is 11.8. The van der Waals surface area contributed by atoms with Gasteiger partial charge in [0.25, 0.3) is 0 Å². The number of hydrogen-bond donors (Lipinski definition) is 1. The number of ether oxygens (including phenoxy) is 2. The molecule has 2 rings (SSSR count). The molecule has 0 aliphatic carbocycles. The molecule has 0 heterocycles. The molecule has 0 amide bonds. The summed E-state index contributed by atoms with van der Waals surface area (Å²) in [6.45, 7) is 2.68. The SMILES string of the molecule is COc1ccc(OC(C)CNc2ccccc2Cl)cc1. The molecule has 1 atom stereocenters. The van der Waals surface area contributed by atoms with Crippen molar-refractivity contribution in [2.75, 3.05) is 19.0 Å². The van der Waals surface area contributed by atoms with Crippen LogP contribution < -0.4 is 14.8 Å². The summed E-state index contributed by atoms with van der Waals surface area (Å²) < 4.78 is 10.9. The summed E-state index contributed by atoms with van der Waals surface area (Å²) in [5.41, 5.74) is 0.916. The Morgan fingerprint density at radius 3 is 2.35 bits per heavy atom. The first-order valence-electron chi connectivity index (χ1n) is 6.48. The topological polar surface area (TPSA) is 30.5 Å². The van der Waals surface area contributed by atoms with Crippen LogP contribution in [0, 0.1) is 0 Å². The summed E-state index contributed by atoms with van der Waals surface area (Å²) in [6, 6.07) is 15.2. The first-order chi connectivity index (χ1) is 9.69. The molecule has 20 heavy (non-hydrogen) atoms. The van der Waals surface area contributed by atoms with Gasteiger partial charge in [-0.3, -0.25) is 0 Å². The second kappa shape index (κ2) is 7.06. The van der Waals surface area contributed by atoms with Gasteiger partial charge in [0.05, 0.1) is 24.4 Å². The van der Waals surface area contributed by atoms with Gasteiger partial charge < -0.3 is 14.8 Å². The Hall–Kier alpha value is -1.87. The molecular weight excluding hydrogens is 274 g/mol. The quantitative estimate of drug-likeness (QED) is 0.864. The summed E-state index contributed by atoms with van der Waals surface area (Å²) in [5, 5.41) is 3.99. The fourth-order valence-electron chi connectivity index (χ4n) is 1.79. The summed E-state index contributed by atoms with van der Waals surface area (Å²) >= 11 is 6.08. The molecule has 0 saturated heterocycles. The Morgan fingerprint density at radius 2 is 1.70 bits per heavy atom. The van der Waals surface area contributed by atoms with E-state index < -0.39 is 0 Å². The molecule has 3 nitrogen and oxygen atoms in total. The highest BCUT2D eigenvalue weighted by atomic mass is 35.5. The van der Waals surface area contributed by atoms with Gasteiger partial charge >= 0.3 is 0 Å². The number of para-hydroxylation sites is 1. The van der Waals surface area contributed by atoms with E-state index in [1.54, 1.807) is 7.11 Å². The first-order valence-corrected chi connectivity index (χ1v) is 6.86. The Bertz CT molecular complexity index is 542. The molecule has 2 aromatic rings. The second-order valence-corrected chi connectivity index (χ2v) is 4.87. The van der Waals surface area contributed by atoms with Crippen LogP contribution in [0.4, 0.5) is 5.69 Å². The van der Waals surface area contributed by atoms with Gasteiger partial charge in [0, 0.05) is 0 Å². The van der Waals surface area contributed by atoms with Gasteiger partial charge in [-0.05, 0) is 43.3 Å². The van der Waals surface area contributed by atoms with Crippen molar-refractivity contribution >= 4 is 17.3 Å². The molecule has 1 unspecified atom stereocenters. The van der Waals surface area contributed by atoms with E-state index in [1.165, 1.54) is 0 Å². The average molecular weight is 292 g/mol. The fraction of sp³-hybridized carbons (Fsp3) is 0.250. The number of rotatable bonds is 6. The second-order valence-electron chi connectivity index (χ2n) is 4.46. The van der Waals surface area contributed by atoms with Crippen LogP contribution in [0.5, 0.6) is 11.5 Å². The Kier molecular flexibility index (Phi) is 5.13. The van der Waals surface area contributed by atoms with Gasteiger partial charge in [0.15, 0.2) is 0 Å². The number of benzene rings is 2. The van der Waals surface area contributed by atoms with E-state index in [0.29, 0.717) is 11.6 Å². The summed E-state index contributed by atoms with van der Waals surface area (Å²) in [5.74, 6) is 1.64. The summed E-state index contributed by atoms with van der Waals surface area (Å²) in [6.07, 6.45) is 0.0275. The minimum Gasteiger partial charge on any atom is -0.497 e. The molecule has 0 fully saturated rings. The van der Waals surface area contributed by atoms with Gasteiger partial charge in [-0.25, -0.2) is 0 Å². The lowest BCUT2D eigenvalue weighted by Gasteiger charge is -2.17. The molecule has 0 saturated carbocycles. The lowest BCUT2D eigenvalue weighted by Crippen LogP contribution is -2.22. The van der Waals surface area contributed by atoms with Gasteiger partial charge in [-0.1, -0.05) is 23.7 Å². The zero-order chi connectivity index (χ0) is 14.4. The van der Waals surface area contributed by atoms with Crippen LogP contribution in [0.15, 0.2) is 48.5 Å². The third kappa shape index (κ3) is 4.07. The van der Waals surface area contributed by atoms with Crippen LogP contribution >= 0.6 is 11.6 Å². The molecule has 1 N–H and O–H groups in total. The lowest BCUT2D eigenvalue weighted by atomic mass is 10.3. The van der Waals surface area contributed by atoms with E-state index >= 15 is 0 Å². The van der Waals surface area contributed by atoms with E-state index in [1.807, 2.05) is 55.5 Å². The van der Waals surface area contributed by atoms with Crippen molar-refractivity contribution in [3.05, 3.63) is 53.6 Å². The number of anilines is 1. The van der Waals surface area contributed by atoms with Crippen LogP contribution in [0.2, 0.25) is 5.02 Å². The average Bonchev–Trinajstić information content (AvgIpc) is 2.47. The van der Waals surface area contributed by atoms with Gasteiger partial charge in [-0.2, -0.15) is 0 Å². The number of hydrogen-bond acceptors (Lipinski definition) is 3. The monoisotopic (exact) mass is 291 g/mol. The first kappa shape index (κ1) is 14.5. The Morgan fingerprint density at radius 1 is 1.05 bits per heavy atom. The van der Waals surface area contributed by atoms with Crippen molar-refractivity contribution in [2.24, 2.45) is 0 Å². The van der Waals surface area contributed by atoms with E-state index in [2.05, 4.69) is 5.32 Å². The van der Waals surface area contributed by atoms with Gasteiger partial charge in [-0.15, -0.1) is 0 Å². The van der Waals surface area contributed by atoms with Crippen LogP contribution in [-0.2, 0) is 0 Å². The predicted molar refractivity (Wildman–Crippen MR) is 83.0 cm³/mol. The smallest absolute Gasteiger partial charge is 0.120 e. The van der Waals surface area contributed by atoms with Crippen LogP contribution in [-0.4, -0.2) is 19.8 Å². The minimum atomic E-state index is 0.0275. The van der Waals surface area contributed by atoms with Crippen molar-refractivity contribution < 1.29 is 9.47 Å². The molecule has 0 aliphatic rings. The van der Waals surface area contributed by atoms with E-state index in [-0.39, 0.29) is 6.10 Å². The zero-order valence-electron chi connectivity index (χ0n) is 11.6. The predicted octanol–water partition coefficient (Wildman–Crippen LogP) is 4.23. The number of halogens is 1. The van der Waals surface area contributed by atoms with Crippen molar-refractivity contribution in [3.63, 3.8) is 0 Å². The van der Waals surface area contributed by atoms with E-state index in [9.17, 15) is 0 Å². The van der Waals surface area contributed by atoms with Crippen molar-refractivity contribution in [1.29, 1.82) is 0 Å². The molecule has 0 radical (unpaired) electrons. The zero-order valence-corrected chi connectivity index (χ0v) is 12.4. The molecule has 0 aromatic heterocycles. The summed E-state index contributed by atoms with van der Waals surface area (Å²) in [4.78, 5) is 0. The molecule has 106 valence electrons. The fourth-order valence-corrected chi connectivity index (χ4v) is 1.99.